The summed E-state index contributed by atoms with van der Waals surface area (Å²) in [4.78, 5) is 91.7. The predicted molar refractivity (Wildman–Crippen MR) is 157 cm³/mol. The van der Waals surface area contributed by atoms with E-state index in [1.807, 2.05) is 0 Å². The number of methoxy groups -OCH3 is 1. The molecule has 2 aromatic carbocycles. The lowest BCUT2D eigenvalue weighted by atomic mass is 9.52. The van der Waals surface area contributed by atoms with Crippen LogP contribution in [0.1, 0.15) is 35.2 Å². The highest BCUT2D eigenvalue weighted by Crippen LogP contribution is 2.51. The van der Waals surface area contributed by atoms with Gasteiger partial charge in [0.1, 0.15) is 5.75 Å². The van der Waals surface area contributed by atoms with Crippen molar-refractivity contribution in [1.82, 2.24) is 4.90 Å². The number of primary amides is 1. The normalized spacial score (nSPS) is 27.4. The molecular formula is C32H33N3O10. The third-order valence-corrected chi connectivity index (χ3v) is 9.21. The van der Waals surface area contributed by atoms with Crippen molar-refractivity contribution >= 4 is 46.6 Å². The molecule has 2 saturated carbocycles. The van der Waals surface area contributed by atoms with Crippen LogP contribution in [0, 0.1) is 23.7 Å². The van der Waals surface area contributed by atoms with Crippen LogP contribution in [0.15, 0.2) is 36.4 Å². The monoisotopic (exact) mass is 619 g/mol. The summed E-state index contributed by atoms with van der Waals surface area (Å²) in [6.07, 6.45) is -0.0774. The summed E-state index contributed by atoms with van der Waals surface area (Å²) in [6.45, 7) is 0. The highest BCUT2D eigenvalue weighted by Gasteiger charge is 2.69. The van der Waals surface area contributed by atoms with Gasteiger partial charge in [-0.25, -0.2) is 0 Å². The Morgan fingerprint density at radius 1 is 1.02 bits per heavy atom. The average Bonchev–Trinajstić information content (AvgIpc) is 2.98. The van der Waals surface area contributed by atoms with Gasteiger partial charge in [0.25, 0.3) is 0 Å². The van der Waals surface area contributed by atoms with Crippen LogP contribution < -0.4 is 11.1 Å². The molecule has 5 N–H and O–H groups in total. The number of nitrogens with two attached hydrogens (primary N) is 1. The summed E-state index contributed by atoms with van der Waals surface area (Å²) in [5.74, 6) is -12.0. The summed E-state index contributed by atoms with van der Waals surface area (Å²) in [6, 6.07) is 8.43. The molecule has 0 aliphatic heterocycles. The number of hydrogen-bond acceptors (Lipinski definition) is 11. The number of esters is 1. The highest BCUT2D eigenvalue weighted by atomic mass is 16.5. The molecule has 2 unspecified atom stereocenters. The fourth-order valence-electron chi connectivity index (χ4n) is 7.15. The molecule has 2 fully saturated rings. The Morgan fingerprint density at radius 2 is 1.69 bits per heavy atom. The molecule has 2 amide bonds. The highest BCUT2D eigenvalue weighted by molar-refractivity contribution is 6.32. The van der Waals surface area contributed by atoms with Crippen LogP contribution in [-0.4, -0.2) is 88.9 Å². The molecule has 3 aliphatic rings. The second-order valence-electron chi connectivity index (χ2n) is 12.0. The third-order valence-electron chi connectivity index (χ3n) is 9.21. The maximum Gasteiger partial charge on any atom is 0.306 e. The number of aliphatic hydroxyl groups is 1. The number of anilines is 1. The minimum atomic E-state index is -2.79. The number of likely N-dealkylation sites (N-methyl/N-ethyl adjacent to an activating group) is 1. The quantitative estimate of drug-likeness (QED) is 0.246. The number of hydrogen-bond donors (Lipinski definition) is 4. The van der Waals surface area contributed by atoms with E-state index in [1.165, 1.54) is 32.2 Å². The average molecular weight is 620 g/mol. The molecule has 0 saturated heterocycles. The second kappa shape index (κ2) is 11.6. The lowest BCUT2D eigenvalue weighted by Gasteiger charge is -2.52. The standard InChI is InChI=1S/C32H33N3O10/c1-35(2)26-19-13-15-12-18-17(14-4-6-16(7-5-14)34-21(37)10-11-22(38)45-3)8-9-20(36)24(18)27(39)23(15)29(41)32(19,44)30(42)25(28(26)40)31(33)43/h4-9,15,19,23,25-26,36,44H,10-13H2,1-3H3,(H2,33,43)(H,34,37)/t15-,19-,23?,25?,26-,32-/m0/s1. The van der Waals surface area contributed by atoms with E-state index < -0.39 is 70.3 Å². The van der Waals surface area contributed by atoms with Crippen LogP contribution in [-0.2, 0) is 39.9 Å². The molecule has 0 bridgehead atoms. The van der Waals surface area contributed by atoms with Gasteiger partial charge in [0.15, 0.2) is 34.7 Å². The van der Waals surface area contributed by atoms with Gasteiger partial charge < -0.3 is 26.0 Å². The Bertz CT molecular complexity index is 1650. The first-order chi connectivity index (χ1) is 21.2. The van der Waals surface area contributed by atoms with E-state index in [2.05, 4.69) is 10.1 Å². The Morgan fingerprint density at radius 3 is 2.29 bits per heavy atom. The Balaban J connectivity index is 1.49. The first-order valence-electron chi connectivity index (χ1n) is 14.4. The van der Waals surface area contributed by atoms with Gasteiger partial charge >= 0.3 is 5.97 Å². The number of ether oxygens (including phenoxy) is 1. The van der Waals surface area contributed by atoms with Gasteiger partial charge in [-0.15, -0.1) is 0 Å². The largest absolute Gasteiger partial charge is 0.507 e. The molecule has 0 aromatic heterocycles. The predicted octanol–water partition coefficient (Wildman–Crippen LogP) is 0.426. The first kappa shape index (κ1) is 31.7. The van der Waals surface area contributed by atoms with Gasteiger partial charge in [0.05, 0.1) is 31.1 Å². The maximum absolute atomic E-state index is 14.0. The first-order valence-corrected chi connectivity index (χ1v) is 14.4. The Kier molecular flexibility index (Phi) is 8.19. The van der Waals surface area contributed by atoms with Crippen LogP contribution in [0.5, 0.6) is 5.75 Å². The number of phenols is 1. The van der Waals surface area contributed by atoms with Gasteiger partial charge in [-0.3, -0.25) is 38.5 Å². The molecule has 3 aliphatic carbocycles. The number of carbonyl (C=O) groups is 7. The fourth-order valence-corrected chi connectivity index (χ4v) is 7.15. The van der Waals surface area contributed by atoms with E-state index in [1.54, 1.807) is 30.3 Å². The van der Waals surface area contributed by atoms with Crippen molar-refractivity contribution in [3.63, 3.8) is 0 Å². The number of rotatable bonds is 7. The molecule has 236 valence electrons. The topological polar surface area (TPSA) is 210 Å². The summed E-state index contributed by atoms with van der Waals surface area (Å²) in [5.41, 5.74) is 4.60. The van der Waals surface area contributed by atoms with Gasteiger partial charge in [0.2, 0.25) is 11.8 Å². The van der Waals surface area contributed by atoms with Crippen molar-refractivity contribution in [2.75, 3.05) is 26.5 Å². The summed E-state index contributed by atoms with van der Waals surface area (Å²) in [5, 5.41) is 25.2. The zero-order chi connectivity index (χ0) is 33.0. The van der Waals surface area contributed by atoms with Crippen LogP contribution in [0.4, 0.5) is 5.69 Å². The zero-order valence-electron chi connectivity index (χ0n) is 24.9. The van der Waals surface area contributed by atoms with Crippen molar-refractivity contribution in [3.05, 3.63) is 47.5 Å². The number of aromatic hydroxyl groups is 1. The van der Waals surface area contributed by atoms with Crippen molar-refractivity contribution in [2.45, 2.75) is 37.3 Å². The van der Waals surface area contributed by atoms with Gasteiger partial charge in [0, 0.05) is 18.0 Å². The van der Waals surface area contributed by atoms with E-state index in [0.29, 0.717) is 22.4 Å². The van der Waals surface area contributed by atoms with E-state index in [4.69, 9.17) is 5.73 Å². The van der Waals surface area contributed by atoms with Crippen LogP contribution in [0.25, 0.3) is 11.1 Å². The lowest BCUT2D eigenvalue weighted by molar-refractivity contribution is -0.181. The minimum Gasteiger partial charge on any atom is -0.507 e. The number of Topliss-reactive ketones (excluding diaryl/α,β-unsaturated/α-hetero) is 4. The number of phenolic OH excluding ortho intramolecular Hbond substituents is 1. The third kappa shape index (κ3) is 5.11. The van der Waals surface area contributed by atoms with Crippen LogP contribution in [0.3, 0.4) is 0 Å². The van der Waals surface area contributed by atoms with E-state index >= 15 is 0 Å². The second-order valence-corrected chi connectivity index (χ2v) is 12.0. The van der Waals surface area contributed by atoms with Gasteiger partial charge in [-0.05, 0) is 67.7 Å². The van der Waals surface area contributed by atoms with Crippen molar-refractivity contribution in [1.29, 1.82) is 0 Å². The maximum atomic E-state index is 14.0. The smallest absolute Gasteiger partial charge is 0.306 e. The van der Waals surface area contributed by atoms with Gasteiger partial charge in [-0.1, -0.05) is 18.2 Å². The Hall–Kier alpha value is -4.75. The fraction of sp³-hybridized carbons (Fsp3) is 0.406. The molecular weight excluding hydrogens is 586 g/mol. The number of amides is 2. The molecule has 6 atom stereocenters. The molecule has 5 rings (SSSR count). The Labute approximate surface area is 257 Å². The van der Waals surface area contributed by atoms with Gasteiger partial charge in [-0.2, -0.15) is 0 Å². The number of benzene rings is 2. The number of ketones is 4. The van der Waals surface area contributed by atoms with Crippen molar-refractivity contribution in [3.8, 4) is 16.9 Å². The molecule has 45 heavy (non-hydrogen) atoms. The summed E-state index contributed by atoms with van der Waals surface area (Å²) >= 11 is 0. The molecule has 0 radical (unpaired) electrons. The molecule has 13 nitrogen and oxygen atoms in total. The van der Waals surface area contributed by atoms with E-state index in [0.717, 1.165) is 0 Å². The zero-order valence-corrected chi connectivity index (χ0v) is 24.9. The molecule has 0 spiro atoms. The lowest BCUT2D eigenvalue weighted by Crippen LogP contribution is -2.74. The number of nitrogens with zero attached hydrogens (tertiary/aromatic N) is 1. The van der Waals surface area contributed by atoms with Crippen LogP contribution >= 0.6 is 0 Å². The van der Waals surface area contributed by atoms with Crippen molar-refractivity contribution < 1.29 is 48.5 Å². The van der Waals surface area contributed by atoms with Crippen molar-refractivity contribution in [2.24, 2.45) is 29.4 Å². The minimum absolute atomic E-state index is 0.0600. The number of fused-ring (bicyclic) bond motifs is 3. The van der Waals surface area contributed by atoms with E-state index in [-0.39, 0.29) is 42.9 Å². The molecule has 0 heterocycles. The van der Waals surface area contributed by atoms with E-state index in [9.17, 15) is 43.8 Å². The van der Waals surface area contributed by atoms with Crippen LogP contribution in [0.2, 0.25) is 0 Å². The summed E-state index contributed by atoms with van der Waals surface area (Å²) in [7, 11) is 4.28. The molecule has 13 heteroatoms. The molecule has 2 aromatic rings. The summed E-state index contributed by atoms with van der Waals surface area (Å²) < 4.78 is 4.54. The number of nitrogens with one attached hydrogen (secondary N) is 1. The SMILES string of the molecule is COC(=O)CCC(=O)Nc1ccc(-c2ccc(O)c3c2C[C@H]2C[C@H]4[C@H](N(C)C)C(=O)C(C(N)=O)C(=O)[C@@]4(O)C(=O)C2C3=O)cc1. The number of carbonyl (C=O) groups excluding carboxylic acids is 7.